The molecular weight excluding hydrogens is 254 g/mol. The second-order valence-electron chi connectivity index (χ2n) is 4.60. The highest BCUT2D eigenvalue weighted by Crippen LogP contribution is 2.12. The lowest BCUT2D eigenvalue weighted by Gasteiger charge is -2.27. The number of carbonyl (C=O) groups excluding carboxylic acids is 1. The van der Waals surface area contributed by atoms with Gasteiger partial charge in [-0.1, -0.05) is 13.3 Å². The van der Waals surface area contributed by atoms with Gasteiger partial charge in [0.15, 0.2) is 0 Å². The van der Waals surface area contributed by atoms with Crippen molar-refractivity contribution in [1.82, 2.24) is 14.3 Å². The summed E-state index contributed by atoms with van der Waals surface area (Å²) in [6.45, 7) is 5.15. The number of nitrogens with zero attached hydrogens (tertiary/aromatic N) is 1. The molecular formula is C11H23N3O3S. The highest BCUT2D eigenvalue weighted by molar-refractivity contribution is 7.87. The number of amides is 1. The number of hydrogen-bond donors (Lipinski definition) is 2. The van der Waals surface area contributed by atoms with Gasteiger partial charge in [0.05, 0.1) is 6.04 Å². The third-order valence-corrected chi connectivity index (χ3v) is 4.62. The van der Waals surface area contributed by atoms with Crippen LogP contribution in [-0.2, 0) is 15.0 Å². The lowest BCUT2D eigenvalue weighted by Crippen LogP contribution is -2.51. The van der Waals surface area contributed by atoms with Gasteiger partial charge in [-0.3, -0.25) is 4.79 Å². The van der Waals surface area contributed by atoms with E-state index in [1.54, 1.807) is 6.92 Å². The van der Waals surface area contributed by atoms with Crippen LogP contribution < -0.4 is 10.0 Å². The fraction of sp³-hybridized carbons (Fsp3) is 0.909. The number of hydrogen-bond acceptors (Lipinski definition) is 3. The van der Waals surface area contributed by atoms with Crippen LogP contribution in [-0.4, -0.2) is 44.3 Å². The average molecular weight is 277 g/mol. The lowest BCUT2D eigenvalue weighted by atomic mass is 10.2. The lowest BCUT2D eigenvalue weighted by molar-refractivity contribution is -0.122. The molecule has 0 saturated carbocycles. The van der Waals surface area contributed by atoms with E-state index in [2.05, 4.69) is 10.0 Å². The smallest absolute Gasteiger partial charge is 0.280 e. The molecule has 106 valence electrons. The first-order valence-electron chi connectivity index (χ1n) is 6.52. The second-order valence-corrected chi connectivity index (χ2v) is 6.30. The Hall–Kier alpha value is -0.660. The van der Waals surface area contributed by atoms with Crippen molar-refractivity contribution in [3.8, 4) is 0 Å². The molecule has 0 aromatic heterocycles. The molecule has 1 aliphatic rings. The quantitative estimate of drug-likeness (QED) is 0.729. The molecule has 1 fully saturated rings. The highest BCUT2D eigenvalue weighted by Gasteiger charge is 2.27. The Kier molecular flexibility index (Phi) is 6.04. The number of piperidine rings is 1. The standard InChI is InChI=1S/C11H23N3O3S/c1-3-7-12-11(15)10(2)13-18(16,17)14-8-5-4-6-9-14/h10,13H,3-9H2,1-2H3,(H,12,15). The van der Waals surface area contributed by atoms with Crippen LogP contribution in [0.25, 0.3) is 0 Å². The summed E-state index contributed by atoms with van der Waals surface area (Å²) in [5, 5.41) is 2.67. The highest BCUT2D eigenvalue weighted by atomic mass is 32.2. The summed E-state index contributed by atoms with van der Waals surface area (Å²) in [6, 6.07) is -0.733. The van der Waals surface area contributed by atoms with Gasteiger partial charge in [0.2, 0.25) is 5.91 Å². The van der Waals surface area contributed by atoms with Gasteiger partial charge in [-0.25, -0.2) is 0 Å². The molecule has 1 heterocycles. The molecule has 18 heavy (non-hydrogen) atoms. The van der Waals surface area contributed by atoms with Gasteiger partial charge in [0.1, 0.15) is 0 Å². The Morgan fingerprint density at radius 3 is 2.44 bits per heavy atom. The summed E-state index contributed by atoms with van der Waals surface area (Å²) < 4.78 is 27.9. The second kappa shape index (κ2) is 7.06. The molecule has 2 N–H and O–H groups in total. The Bertz CT molecular complexity index is 364. The van der Waals surface area contributed by atoms with Crippen molar-refractivity contribution < 1.29 is 13.2 Å². The van der Waals surface area contributed by atoms with E-state index in [4.69, 9.17) is 0 Å². The van der Waals surface area contributed by atoms with E-state index in [9.17, 15) is 13.2 Å². The molecule has 0 aliphatic carbocycles. The predicted octanol–water partition coefficient (Wildman–Crippen LogP) is 0.221. The van der Waals surface area contributed by atoms with E-state index in [-0.39, 0.29) is 5.91 Å². The zero-order valence-electron chi connectivity index (χ0n) is 11.1. The maximum atomic E-state index is 12.0. The van der Waals surface area contributed by atoms with Crippen LogP contribution in [0.5, 0.6) is 0 Å². The predicted molar refractivity (Wildman–Crippen MR) is 70.2 cm³/mol. The molecule has 0 radical (unpaired) electrons. The van der Waals surface area contributed by atoms with Crippen molar-refractivity contribution in [3.63, 3.8) is 0 Å². The summed E-state index contributed by atoms with van der Waals surface area (Å²) in [5.41, 5.74) is 0. The summed E-state index contributed by atoms with van der Waals surface area (Å²) in [6.07, 6.45) is 3.67. The fourth-order valence-corrected chi connectivity index (χ4v) is 3.30. The van der Waals surface area contributed by atoms with Crippen LogP contribution in [0.15, 0.2) is 0 Å². The van der Waals surface area contributed by atoms with Gasteiger partial charge < -0.3 is 5.32 Å². The summed E-state index contributed by atoms with van der Waals surface area (Å²) in [5.74, 6) is -0.280. The first-order chi connectivity index (χ1) is 8.47. The molecule has 1 unspecified atom stereocenters. The third-order valence-electron chi connectivity index (χ3n) is 2.92. The molecule has 0 aromatic rings. The van der Waals surface area contributed by atoms with Gasteiger partial charge in [-0.15, -0.1) is 0 Å². The zero-order valence-corrected chi connectivity index (χ0v) is 11.9. The zero-order chi connectivity index (χ0) is 13.6. The van der Waals surface area contributed by atoms with Crippen molar-refractivity contribution in [1.29, 1.82) is 0 Å². The molecule has 0 aromatic carbocycles. The number of nitrogens with one attached hydrogen (secondary N) is 2. The van der Waals surface area contributed by atoms with E-state index < -0.39 is 16.3 Å². The minimum absolute atomic E-state index is 0.280. The van der Waals surface area contributed by atoms with E-state index >= 15 is 0 Å². The maximum absolute atomic E-state index is 12.0. The largest absolute Gasteiger partial charge is 0.355 e. The van der Waals surface area contributed by atoms with Crippen LogP contribution >= 0.6 is 0 Å². The fourth-order valence-electron chi connectivity index (χ4n) is 1.86. The van der Waals surface area contributed by atoms with Crippen LogP contribution in [0.3, 0.4) is 0 Å². The van der Waals surface area contributed by atoms with Crippen molar-refractivity contribution in [3.05, 3.63) is 0 Å². The normalized spacial score (nSPS) is 19.4. The summed E-state index contributed by atoms with van der Waals surface area (Å²) >= 11 is 0. The van der Waals surface area contributed by atoms with Crippen LogP contribution in [0.4, 0.5) is 0 Å². The average Bonchev–Trinajstić information content (AvgIpc) is 2.36. The van der Waals surface area contributed by atoms with Gasteiger partial charge >= 0.3 is 0 Å². The molecule has 0 spiro atoms. The number of carbonyl (C=O) groups is 1. The Labute approximate surface area is 109 Å². The minimum atomic E-state index is -3.53. The summed E-state index contributed by atoms with van der Waals surface area (Å²) in [7, 11) is -3.53. The van der Waals surface area contributed by atoms with Gasteiger partial charge in [0.25, 0.3) is 10.2 Å². The molecule has 1 saturated heterocycles. The van der Waals surface area contributed by atoms with E-state index in [0.29, 0.717) is 19.6 Å². The van der Waals surface area contributed by atoms with Gasteiger partial charge in [-0.05, 0) is 26.2 Å². The molecule has 1 atom stereocenters. The third kappa shape index (κ3) is 4.55. The van der Waals surface area contributed by atoms with E-state index in [1.807, 2.05) is 6.92 Å². The molecule has 6 nitrogen and oxygen atoms in total. The molecule has 1 rings (SSSR count). The van der Waals surface area contributed by atoms with E-state index in [1.165, 1.54) is 4.31 Å². The number of rotatable bonds is 6. The van der Waals surface area contributed by atoms with Crippen LogP contribution in [0.2, 0.25) is 0 Å². The van der Waals surface area contributed by atoms with Crippen LogP contribution in [0, 0.1) is 0 Å². The molecule has 7 heteroatoms. The molecule has 1 amide bonds. The van der Waals surface area contributed by atoms with Gasteiger partial charge in [-0.2, -0.15) is 17.4 Å². The Balaban J connectivity index is 2.50. The SMILES string of the molecule is CCCNC(=O)C(C)NS(=O)(=O)N1CCCCC1. The van der Waals surface area contributed by atoms with E-state index in [0.717, 1.165) is 25.7 Å². The topological polar surface area (TPSA) is 78.5 Å². The first-order valence-corrected chi connectivity index (χ1v) is 7.96. The van der Waals surface area contributed by atoms with Crippen LogP contribution in [0.1, 0.15) is 39.5 Å². The minimum Gasteiger partial charge on any atom is -0.355 e. The molecule has 1 aliphatic heterocycles. The molecule has 0 bridgehead atoms. The van der Waals surface area contributed by atoms with Crippen molar-refractivity contribution in [2.45, 2.75) is 45.6 Å². The Morgan fingerprint density at radius 2 is 1.89 bits per heavy atom. The van der Waals surface area contributed by atoms with Gasteiger partial charge in [0, 0.05) is 19.6 Å². The monoisotopic (exact) mass is 277 g/mol. The maximum Gasteiger partial charge on any atom is 0.280 e. The van der Waals surface area contributed by atoms with Crippen molar-refractivity contribution in [2.75, 3.05) is 19.6 Å². The van der Waals surface area contributed by atoms with Crippen molar-refractivity contribution >= 4 is 16.1 Å². The summed E-state index contributed by atoms with van der Waals surface area (Å²) in [4.78, 5) is 11.6. The Morgan fingerprint density at radius 1 is 1.28 bits per heavy atom. The van der Waals surface area contributed by atoms with Crippen molar-refractivity contribution in [2.24, 2.45) is 0 Å². The first kappa shape index (κ1) is 15.4.